The van der Waals surface area contributed by atoms with Gasteiger partial charge in [-0.15, -0.1) is 0 Å². The summed E-state index contributed by atoms with van der Waals surface area (Å²) in [6, 6.07) is 4.85. The van der Waals surface area contributed by atoms with Crippen molar-refractivity contribution >= 4 is 32.7 Å². The second kappa shape index (κ2) is 7.07. The van der Waals surface area contributed by atoms with Gasteiger partial charge in [-0.05, 0) is 53.0 Å². The lowest BCUT2D eigenvalue weighted by Crippen LogP contribution is -2.55. The summed E-state index contributed by atoms with van der Waals surface area (Å²) in [7, 11) is 1.99. The number of nitrogens with zero attached hydrogens (tertiary/aromatic N) is 1. The van der Waals surface area contributed by atoms with Crippen LogP contribution in [0, 0.1) is 5.92 Å². The van der Waals surface area contributed by atoms with Gasteiger partial charge < -0.3 is 20.3 Å². The fourth-order valence-electron chi connectivity index (χ4n) is 4.80. The van der Waals surface area contributed by atoms with Crippen molar-refractivity contribution in [1.82, 2.24) is 15.2 Å². The molecule has 0 spiro atoms. The van der Waals surface area contributed by atoms with Gasteiger partial charge in [-0.1, -0.05) is 12.1 Å². The van der Waals surface area contributed by atoms with E-state index in [2.05, 4.69) is 37.2 Å². The molecule has 2 aliphatic rings. The van der Waals surface area contributed by atoms with Gasteiger partial charge in [0.05, 0.1) is 17.1 Å². The zero-order valence-corrected chi connectivity index (χ0v) is 17.4. The van der Waals surface area contributed by atoms with Crippen molar-refractivity contribution in [3.05, 3.63) is 33.9 Å². The number of aliphatic hydroxyl groups excluding tert-OH is 1. The van der Waals surface area contributed by atoms with Crippen LogP contribution in [0.25, 0.3) is 10.9 Å². The number of aromatic amines is 1. The van der Waals surface area contributed by atoms with Crippen LogP contribution in [-0.2, 0) is 11.2 Å². The Hall–Kier alpha value is -1.51. The van der Waals surface area contributed by atoms with Gasteiger partial charge in [0, 0.05) is 36.3 Å². The van der Waals surface area contributed by atoms with Gasteiger partial charge in [-0.25, -0.2) is 8.78 Å². The van der Waals surface area contributed by atoms with Gasteiger partial charge in [-0.2, -0.15) is 0 Å². The van der Waals surface area contributed by atoms with Gasteiger partial charge in [-0.3, -0.25) is 4.79 Å². The van der Waals surface area contributed by atoms with Crippen molar-refractivity contribution in [3.63, 3.8) is 0 Å². The van der Waals surface area contributed by atoms with Crippen LogP contribution in [-0.4, -0.2) is 59.1 Å². The minimum absolute atomic E-state index is 0.156. The predicted octanol–water partition coefficient (Wildman–Crippen LogP) is 3.02. The molecule has 0 saturated carbocycles. The van der Waals surface area contributed by atoms with Crippen molar-refractivity contribution in [3.8, 4) is 0 Å². The highest BCUT2D eigenvalue weighted by molar-refractivity contribution is 9.10. The van der Waals surface area contributed by atoms with E-state index in [0.29, 0.717) is 19.9 Å². The van der Waals surface area contributed by atoms with Crippen molar-refractivity contribution < 1.29 is 18.7 Å². The van der Waals surface area contributed by atoms with Crippen molar-refractivity contribution in [2.75, 3.05) is 20.2 Å². The highest BCUT2D eigenvalue weighted by atomic mass is 79.9. The van der Waals surface area contributed by atoms with Crippen molar-refractivity contribution in [2.24, 2.45) is 5.92 Å². The van der Waals surface area contributed by atoms with E-state index in [9.17, 15) is 18.7 Å². The van der Waals surface area contributed by atoms with E-state index in [-0.39, 0.29) is 12.0 Å². The Labute approximate surface area is 170 Å². The molecule has 0 radical (unpaired) electrons. The number of carbonyl (C=O) groups is 1. The van der Waals surface area contributed by atoms with Crippen molar-refractivity contribution in [1.29, 1.82) is 0 Å². The molecule has 0 bridgehead atoms. The number of hydrogen-bond donors (Lipinski definition) is 3. The van der Waals surface area contributed by atoms with Crippen LogP contribution < -0.4 is 5.32 Å². The summed E-state index contributed by atoms with van der Waals surface area (Å²) in [6.45, 7) is 0.433. The number of likely N-dealkylation sites (N-methyl/N-ethyl adjacent to an activating group) is 1. The molecule has 152 valence electrons. The van der Waals surface area contributed by atoms with Gasteiger partial charge in [0.1, 0.15) is 6.04 Å². The van der Waals surface area contributed by atoms with Crippen molar-refractivity contribution in [2.45, 2.75) is 43.7 Å². The van der Waals surface area contributed by atoms with Gasteiger partial charge in [0.2, 0.25) is 5.91 Å². The van der Waals surface area contributed by atoms with Crippen LogP contribution in [0.5, 0.6) is 0 Å². The van der Waals surface area contributed by atoms with Gasteiger partial charge >= 0.3 is 0 Å². The van der Waals surface area contributed by atoms with Gasteiger partial charge in [0.25, 0.3) is 5.92 Å². The monoisotopic (exact) mass is 455 g/mol. The fraction of sp³-hybridized carbons (Fsp3) is 0.550. The van der Waals surface area contributed by atoms with Crippen LogP contribution in [0.1, 0.15) is 30.4 Å². The number of fused-ring (bicyclic) bond motifs is 2. The summed E-state index contributed by atoms with van der Waals surface area (Å²) < 4.78 is 28.2. The Morgan fingerprint density at radius 1 is 1.50 bits per heavy atom. The molecule has 2 aromatic rings. The Kier molecular flexibility index (Phi) is 5.00. The normalized spacial score (nSPS) is 26.1. The maximum Gasteiger partial charge on any atom is 0.267 e. The Balaban J connectivity index is 1.62. The number of nitrogens with one attached hydrogen (secondary N) is 2. The molecular weight excluding hydrogens is 432 g/mol. The summed E-state index contributed by atoms with van der Waals surface area (Å²) in [5.41, 5.74) is 3.53. The Morgan fingerprint density at radius 3 is 2.93 bits per heavy atom. The van der Waals surface area contributed by atoms with Crippen LogP contribution in [0.2, 0.25) is 0 Å². The van der Waals surface area contributed by atoms with E-state index in [1.807, 2.05) is 19.2 Å². The number of aromatic nitrogens is 1. The van der Waals surface area contributed by atoms with E-state index >= 15 is 0 Å². The molecule has 1 aromatic carbocycles. The first kappa shape index (κ1) is 19.8. The summed E-state index contributed by atoms with van der Waals surface area (Å²) in [5.74, 6) is -3.83. The lowest BCUT2D eigenvalue weighted by Gasteiger charge is -2.45. The molecule has 1 fully saturated rings. The minimum atomic E-state index is -3.17. The average molecular weight is 456 g/mol. The molecule has 8 heteroatoms. The number of carbonyl (C=O) groups excluding carboxylic acids is 1. The molecule has 1 aromatic heterocycles. The molecule has 4 unspecified atom stereocenters. The summed E-state index contributed by atoms with van der Waals surface area (Å²) in [6.07, 6.45) is 1.48. The topological polar surface area (TPSA) is 68.4 Å². The maximum atomic E-state index is 13.6. The Bertz CT molecular complexity index is 911. The average Bonchev–Trinajstić information content (AvgIpc) is 2.96. The number of aliphatic hydroxyl groups is 1. The molecule has 3 N–H and O–H groups in total. The first-order valence-electron chi connectivity index (χ1n) is 9.49. The molecule has 28 heavy (non-hydrogen) atoms. The molecule has 1 saturated heterocycles. The van der Waals surface area contributed by atoms with Crippen LogP contribution in [0.15, 0.2) is 22.8 Å². The molecular formula is C20H24BrF2N3O2. The number of hydrogen-bond acceptors (Lipinski definition) is 3. The van der Waals surface area contributed by atoms with Gasteiger partial charge in [0.15, 0.2) is 0 Å². The van der Waals surface area contributed by atoms with Crippen LogP contribution in [0.4, 0.5) is 8.78 Å². The Morgan fingerprint density at radius 2 is 2.25 bits per heavy atom. The first-order valence-corrected chi connectivity index (χ1v) is 10.3. The number of rotatable bonds is 4. The number of H-pyrrole nitrogens is 1. The molecule has 4 rings (SSSR count). The summed E-state index contributed by atoms with van der Waals surface area (Å²) in [5, 5.41) is 12.8. The third-order valence-electron chi connectivity index (χ3n) is 6.28. The minimum Gasteiger partial charge on any atom is -0.394 e. The molecule has 5 nitrogen and oxygen atoms in total. The summed E-state index contributed by atoms with van der Waals surface area (Å²) in [4.78, 5) is 18.3. The van der Waals surface area contributed by atoms with E-state index in [1.165, 1.54) is 16.5 Å². The molecule has 1 aliphatic heterocycles. The first-order chi connectivity index (χ1) is 13.2. The fourth-order valence-corrected chi connectivity index (χ4v) is 5.37. The third kappa shape index (κ3) is 3.25. The number of alkyl halides is 2. The maximum absolute atomic E-state index is 13.6. The smallest absolute Gasteiger partial charge is 0.267 e. The van der Waals surface area contributed by atoms with E-state index in [1.54, 1.807) is 0 Å². The zero-order chi connectivity index (χ0) is 20.2. The highest BCUT2D eigenvalue weighted by Gasteiger charge is 2.43. The molecule has 4 atom stereocenters. The number of piperidine rings is 1. The van der Waals surface area contributed by atoms with Crippen LogP contribution >= 0.6 is 15.9 Å². The van der Waals surface area contributed by atoms with E-state index in [4.69, 9.17) is 0 Å². The largest absolute Gasteiger partial charge is 0.394 e. The highest BCUT2D eigenvalue weighted by Crippen LogP contribution is 2.46. The lowest BCUT2D eigenvalue weighted by atomic mass is 9.72. The number of amides is 1. The SMILES string of the molecule is CN1CC(C(=O)NC(CO)C(C)(F)F)CC2c3cccc4[nH]c(Br)c(c34)CC21. The van der Waals surface area contributed by atoms with E-state index in [0.717, 1.165) is 16.5 Å². The second-order valence-corrected chi connectivity index (χ2v) is 8.93. The lowest BCUT2D eigenvalue weighted by molar-refractivity contribution is -0.132. The quantitative estimate of drug-likeness (QED) is 0.663. The summed E-state index contributed by atoms with van der Waals surface area (Å²) >= 11 is 3.63. The number of halogens is 3. The second-order valence-electron chi connectivity index (χ2n) is 8.14. The number of benzene rings is 1. The molecule has 2 heterocycles. The zero-order valence-electron chi connectivity index (χ0n) is 15.8. The third-order valence-corrected chi connectivity index (χ3v) is 6.96. The predicted molar refractivity (Wildman–Crippen MR) is 107 cm³/mol. The molecule has 1 aliphatic carbocycles. The number of likely N-dealkylation sites (tertiary alicyclic amines) is 1. The van der Waals surface area contributed by atoms with Crippen LogP contribution in [0.3, 0.4) is 0 Å². The molecule has 1 amide bonds. The van der Waals surface area contributed by atoms with E-state index < -0.39 is 30.4 Å². The standard InChI is InChI=1S/C20H24BrF2N3O2/c1-20(22,23)16(9-27)25-19(28)10-6-12-11-4-3-5-14-17(11)13(18(21)24-14)7-15(12)26(2)8-10/h3-5,10,12,15-16,24,27H,6-9H2,1-2H3,(H,25,28).